The third-order valence-corrected chi connectivity index (χ3v) is 4.66. The zero-order chi connectivity index (χ0) is 15.8. The summed E-state index contributed by atoms with van der Waals surface area (Å²) in [6, 6.07) is 11.8. The van der Waals surface area contributed by atoms with Gasteiger partial charge in [0.1, 0.15) is 5.01 Å². The Kier molecular flexibility index (Phi) is 3.52. The van der Waals surface area contributed by atoms with Crippen LogP contribution >= 0.6 is 22.9 Å². The molecule has 0 spiro atoms. The maximum atomic E-state index is 5.99. The van der Waals surface area contributed by atoms with E-state index >= 15 is 0 Å². The molecule has 0 atom stereocenters. The highest BCUT2D eigenvalue weighted by Crippen LogP contribution is 2.27. The SMILES string of the molecule is Cc1cc(Cl)ccc1Nc1nc2ccc(-c3nccs3)cc2[nH]1. The lowest BCUT2D eigenvalue weighted by atomic mass is 10.2. The molecule has 2 aromatic heterocycles. The van der Waals surface area contributed by atoms with Crippen LogP contribution in [0.5, 0.6) is 0 Å². The summed E-state index contributed by atoms with van der Waals surface area (Å²) < 4.78 is 0. The summed E-state index contributed by atoms with van der Waals surface area (Å²) in [5.41, 5.74) is 5.03. The number of anilines is 2. The summed E-state index contributed by atoms with van der Waals surface area (Å²) in [6.07, 6.45) is 1.81. The van der Waals surface area contributed by atoms with Gasteiger partial charge in [0.05, 0.1) is 11.0 Å². The van der Waals surface area contributed by atoms with E-state index in [0.717, 1.165) is 37.9 Å². The molecule has 0 aliphatic rings. The van der Waals surface area contributed by atoms with Gasteiger partial charge in [0, 0.05) is 27.9 Å². The Morgan fingerprint density at radius 2 is 2.09 bits per heavy atom. The minimum absolute atomic E-state index is 0.710. The Labute approximate surface area is 142 Å². The Hall–Kier alpha value is -2.37. The van der Waals surface area contributed by atoms with Crippen LogP contribution in [0, 0.1) is 6.92 Å². The quantitative estimate of drug-likeness (QED) is 0.525. The van der Waals surface area contributed by atoms with Crippen LogP contribution in [0.1, 0.15) is 5.56 Å². The number of aromatic amines is 1. The van der Waals surface area contributed by atoms with E-state index in [2.05, 4.69) is 26.3 Å². The maximum Gasteiger partial charge on any atom is 0.205 e. The predicted octanol–water partition coefficient (Wildman–Crippen LogP) is 5.39. The highest BCUT2D eigenvalue weighted by molar-refractivity contribution is 7.13. The molecule has 2 N–H and O–H groups in total. The van der Waals surface area contributed by atoms with Crippen LogP contribution in [0.3, 0.4) is 0 Å². The normalized spacial score (nSPS) is 11.0. The molecular weight excluding hydrogens is 328 g/mol. The van der Waals surface area contributed by atoms with Crippen molar-refractivity contribution in [3.8, 4) is 10.6 Å². The number of rotatable bonds is 3. The molecule has 2 heterocycles. The number of hydrogen-bond donors (Lipinski definition) is 2. The fourth-order valence-corrected chi connectivity index (χ4v) is 3.32. The highest BCUT2D eigenvalue weighted by atomic mass is 35.5. The molecule has 6 heteroatoms. The molecular formula is C17H13ClN4S. The molecule has 0 aliphatic carbocycles. The van der Waals surface area contributed by atoms with Crippen molar-refractivity contribution < 1.29 is 0 Å². The topological polar surface area (TPSA) is 53.6 Å². The number of halogens is 1. The molecule has 0 aliphatic heterocycles. The molecule has 0 saturated carbocycles. The molecule has 0 bridgehead atoms. The Balaban J connectivity index is 1.68. The van der Waals surface area contributed by atoms with Crippen LogP contribution < -0.4 is 5.32 Å². The third-order valence-electron chi connectivity index (χ3n) is 3.60. The van der Waals surface area contributed by atoms with Gasteiger partial charge >= 0.3 is 0 Å². The van der Waals surface area contributed by atoms with Crippen LogP contribution in [-0.4, -0.2) is 15.0 Å². The first-order valence-electron chi connectivity index (χ1n) is 7.12. The van der Waals surface area contributed by atoms with Crippen molar-refractivity contribution in [2.75, 3.05) is 5.32 Å². The van der Waals surface area contributed by atoms with Gasteiger partial charge in [-0.05, 0) is 48.9 Å². The van der Waals surface area contributed by atoms with E-state index in [-0.39, 0.29) is 0 Å². The summed E-state index contributed by atoms with van der Waals surface area (Å²) in [5.74, 6) is 0.710. The molecule has 0 unspecified atom stereocenters. The highest BCUT2D eigenvalue weighted by Gasteiger charge is 2.07. The summed E-state index contributed by atoms with van der Waals surface area (Å²) in [6.45, 7) is 2.01. The van der Waals surface area contributed by atoms with Crippen LogP contribution in [0.4, 0.5) is 11.6 Å². The van der Waals surface area contributed by atoms with Crippen molar-refractivity contribution in [1.29, 1.82) is 0 Å². The number of thiazole rings is 1. The molecule has 0 amide bonds. The van der Waals surface area contributed by atoms with Gasteiger partial charge in [0.2, 0.25) is 5.95 Å². The van der Waals surface area contributed by atoms with E-state index in [1.807, 2.05) is 48.8 Å². The standard InChI is InChI=1S/C17H13ClN4S/c1-10-8-12(18)3-5-13(10)20-17-21-14-4-2-11(9-15(14)22-17)16-19-6-7-23-16/h2-9H,1H3,(H2,20,21,22). The van der Waals surface area contributed by atoms with Gasteiger partial charge in [-0.3, -0.25) is 0 Å². The minimum atomic E-state index is 0.710. The van der Waals surface area contributed by atoms with Crippen molar-refractivity contribution >= 4 is 45.6 Å². The Morgan fingerprint density at radius 1 is 1.17 bits per heavy atom. The number of hydrogen-bond acceptors (Lipinski definition) is 4. The average Bonchev–Trinajstić information content (AvgIpc) is 3.18. The molecule has 0 fully saturated rings. The lowest BCUT2D eigenvalue weighted by Gasteiger charge is -2.06. The first-order valence-corrected chi connectivity index (χ1v) is 8.37. The molecule has 23 heavy (non-hydrogen) atoms. The molecule has 4 nitrogen and oxygen atoms in total. The number of H-pyrrole nitrogens is 1. The monoisotopic (exact) mass is 340 g/mol. The summed E-state index contributed by atoms with van der Waals surface area (Å²) in [4.78, 5) is 12.2. The van der Waals surface area contributed by atoms with E-state index in [1.54, 1.807) is 11.3 Å². The van der Waals surface area contributed by atoms with Crippen molar-refractivity contribution in [2.24, 2.45) is 0 Å². The number of imidazole rings is 1. The number of fused-ring (bicyclic) bond motifs is 1. The number of aromatic nitrogens is 3. The molecule has 114 valence electrons. The molecule has 4 aromatic rings. The summed E-state index contributed by atoms with van der Waals surface area (Å²) >= 11 is 7.62. The second kappa shape index (κ2) is 5.68. The first-order chi connectivity index (χ1) is 11.2. The Morgan fingerprint density at radius 3 is 2.87 bits per heavy atom. The molecule has 0 saturated heterocycles. The summed E-state index contributed by atoms with van der Waals surface area (Å²) in [7, 11) is 0. The van der Waals surface area contributed by atoms with Crippen LogP contribution in [-0.2, 0) is 0 Å². The van der Waals surface area contributed by atoms with E-state index in [4.69, 9.17) is 11.6 Å². The van der Waals surface area contributed by atoms with Crippen LogP contribution in [0.25, 0.3) is 21.6 Å². The van der Waals surface area contributed by atoms with Crippen molar-refractivity contribution in [3.05, 3.63) is 58.6 Å². The van der Waals surface area contributed by atoms with E-state index in [0.29, 0.717) is 5.95 Å². The van der Waals surface area contributed by atoms with Gasteiger partial charge in [0.25, 0.3) is 0 Å². The average molecular weight is 341 g/mol. The lowest BCUT2D eigenvalue weighted by Crippen LogP contribution is -1.94. The van der Waals surface area contributed by atoms with E-state index < -0.39 is 0 Å². The van der Waals surface area contributed by atoms with Gasteiger partial charge in [-0.2, -0.15) is 0 Å². The van der Waals surface area contributed by atoms with E-state index in [1.165, 1.54) is 0 Å². The van der Waals surface area contributed by atoms with Gasteiger partial charge in [-0.15, -0.1) is 11.3 Å². The van der Waals surface area contributed by atoms with Gasteiger partial charge in [0.15, 0.2) is 0 Å². The summed E-state index contributed by atoms with van der Waals surface area (Å²) in [5, 5.41) is 7.01. The number of nitrogens with zero attached hydrogens (tertiary/aromatic N) is 2. The van der Waals surface area contributed by atoms with Gasteiger partial charge in [-0.1, -0.05) is 11.6 Å². The smallest absolute Gasteiger partial charge is 0.205 e. The lowest BCUT2D eigenvalue weighted by molar-refractivity contribution is 1.29. The van der Waals surface area contributed by atoms with E-state index in [9.17, 15) is 0 Å². The largest absolute Gasteiger partial charge is 0.326 e. The fraction of sp³-hybridized carbons (Fsp3) is 0.0588. The first kappa shape index (κ1) is 14.2. The number of aryl methyl sites for hydroxylation is 1. The Bertz CT molecular complexity index is 976. The van der Waals surface area contributed by atoms with Crippen LogP contribution in [0.15, 0.2) is 48.0 Å². The molecule has 0 radical (unpaired) electrons. The van der Waals surface area contributed by atoms with Gasteiger partial charge in [-0.25, -0.2) is 9.97 Å². The van der Waals surface area contributed by atoms with Crippen molar-refractivity contribution in [3.63, 3.8) is 0 Å². The van der Waals surface area contributed by atoms with Crippen molar-refractivity contribution in [1.82, 2.24) is 15.0 Å². The van der Waals surface area contributed by atoms with Gasteiger partial charge < -0.3 is 10.3 Å². The predicted molar refractivity (Wildman–Crippen MR) is 96.7 cm³/mol. The second-order valence-corrected chi connectivity index (χ2v) is 6.57. The minimum Gasteiger partial charge on any atom is -0.326 e. The third kappa shape index (κ3) is 2.81. The number of nitrogens with one attached hydrogen (secondary N) is 2. The maximum absolute atomic E-state index is 5.99. The second-order valence-electron chi connectivity index (χ2n) is 5.24. The molecule has 2 aromatic carbocycles. The zero-order valence-electron chi connectivity index (χ0n) is 12.3. The van der Waals surface area contributed by atoms with Crippen molar-refractivity contribution in [2.45, 2.75) is 6.92 Å². The number of benzene rings is 2. The molecule has 4 rings (SSSR count). The van der Waals surface area contributed by atoms with Crippen LogP contribution in [0.2, 0.25) is 5.02 Å². The fourth-order valence-electron chi connectivity index (χ4n) is 2.46. The zero-order valence-corrected chi connectivity index (χ0v) is 13.9.